The van der Waals surface area contributed by atoms with Crippen LogP contribution in [0.3, 0.4) is 0 Å². The van der Waals surface area contributed by atoms with Crippen molar-refractivity contribution in [1.82, 2.24) is 20.3 Å². The van der Waals surface area contributed by atoms with E-state index in [1.165, 1.54) is 12.5 Å². The number of hydrogen-bond donors (Lipinski definition) is 3. The van der Waals surface area contributed by atoms with Crippen molar-refractivity contribution in [1.29, 1.82) is 0 Å². The Kier molecular flexibility index (Phi) is 4.08. The lowest BCUT2D eigenvalue weighted by molar-refractivity contribution is 0.0294. The van der Waals surface area contributed by atoms with Crippen molar-refractivity contribution < 1.29 is 15.0 Å². The summed E-state index contributed by atoms with van der Waals surface area (Å²) in [5.41, 5.74) is 1.03. The molecule has 7 heteroatoms. The molecule has 0 saturated heterocycles. The number of nitrogens with zero attached hydrogens (tertiary/aromatic N) is 3. The number of carbonyl (C=O) groups is 1. The largest absolute Gasteiger partial charge is 0.390 e. The Morgan fingerprint density at radius 3 is 2.68 bits per heavy atom. The maximum Gasteiger partial charge on any atom is 0.270 e. The number of nitrogens with one attached hydrogen (secondary N) is 1. The van der Waals surface area contributed by atoms with E-state index >= 15 is 0 Å². The molecule has 0 bridgehead atoms. The van der Waals surface area contributed by atoms with Gasteiger partial charge in [-0.15, -0.1) is 0 Å². The molecule has 0 aliphatic heterocycles. The van der Waals surface area contributed by atoms with Crippen molar-refractivity contribution in [3.8, 4) is 0 Å². The highest BCUT2D eigenvalue weighted by Crippen LogP contribution is 2.34. The fourth-order valence-electron chi connectivity index (χ4n) is 2.78. The van der Waals surface area contributed by atoms with Gasteiger partial charge in [-0.1, -0.05) is 6.07 Å². The molecule has 0 aromatic carbocycles. The second-order valence-corrected chi connectivity index (χ2v) is 5.29. The van der Waals surface area contributed by atoms with Crippen LogP contribution in [0.4, 0.5) is 0 Å². The van der Waals surface area contributed by atoms with E-state index in [0.717, 1.165) is 5.56 Å². The summed E-state index contributed by atoms with van der Waals surface area (Å²) >= 11 is 0. The number of aromatic nitrogens is 3. The Hall–Kier alpha value is -2.38. The van der Waals surface area contributed by atoms with Crippen LogP contribution in [0.25, 0.3) is 0 Å². The summed E-state index contributed by atoms with van der Waals surface area (Å²) in [5.74, 6) is -0.639. The molecule has 1 aliphatic carbocycles. The van der Waals surface area contributed by atoms with Crippen molar-refractivity contribution in [2.45, 2.75) is 30.6 Å². The van der Waals surface area contributed by atoms with E-state index in [2.05, 4.69) is 20.3 Å². The molecule has 2 aromatic rings. The van der Waals surface area contributed by atoms with E-state index in [1.807, 2.05) is 0 Å². The molecule has 0 spiro atoms. The maximum absolute atomic E-state index is 12.2. The zero-order valence-corrected chi connectivity index (χ0v) is 11.7. The SMILES string of the molecule is O=C(NC1C(c2cncnc2)CC(O)C1O)c1ccccn1. The summed E-state index contributed by atoms with van der Waals surface area (Å²) in [4.78, 5) is 24.1. The third kappa shape index (κ3) is 2.81. The van der Waals surface area contributed by atoms with Gasteiger partial charge in [0.2, 0.25) is 0 Å². The quantitative estimate of drug-likeness (QED) is 0.729. The second-order valence-electron chi connectivity index (χ2n) is 5.29. The molecule has 1 aliphatic rings. The van der Waals surface area contributed by atoms with E-state index in [0.29, 0.717) is 6.42 Å². The van der Waals surface area contributed by atoms with Crippen LogP contribution >= 0.6 is 0 Å². The Morgan fingerprint density at radius 1 is 1.23 bits per heavy atom. The summed E-state index contributed by atoms with van der Waals surface area (Å²) in [7, 11) is 0. The second kappa shape index (κ2) is 6.17. The molecule has 1 fully saturated rings. The van der Waals surface area contributed by atoms with Gasteiger partial charge in [0.1, 0.15) is 18.1 Å². The van der Waals surface area contributed by atoms with Crippen LogP contribution in [0, 0.1) is 0 Å². The van der Waals surface area contributed by atoms with E-state index in [-0.39, 0.29) is 17.5 Å². The minimum atomic E-state index is -1.04. The molecule has 4 atom stereocenters. The number of carbonyl (C=O) groups excluding carboxylic acids is 1. The zero-order chi connectivity index (χ0) is 15.5. The van der Waals surface area contributed by atoms with Crippen LogP contribution in [0.15, 0.2) is 43.1 Å². The van der Waals surface area contributed by atoms with E-state index in [1.54, 1.807) is 30.6 Å². The zero-order valence-electron chi connectivity index (χ0n) is 11.7. The van der Waals surface area contributed by atoms with Crippen molar-refractivity contribution in [3.63, 3.8) is 0 Å². The number of rotatable bonds is 3. The molecule has 2 aromatic heterocycles. The average molecular weight is 300 g/mol. The van der Waals surface area contributed by atoms with Crippen LogP contribution < -0.4 is 5.32 Å². The topological polar surface area (TPSA) is 108 Å². The fourth-order valence-corrected chi connectivity index (χ4v) is 2.78. The molecular formula is C15H16N4O3. The Balaban J connectivity index is 1.82. The highest BCUT2D eigenvalue weighted by molar-refractivity contribution is 5.92. The highest BCUT2D eigenvalue weighted by atomic mass is 16.3. The Bertz CT molecular complexity index is 638. The van der Waals surface area contributed by atoms with Crippen molar-refractivity contribution >= 4 is 5.91 Å². The molecule has 114 valence electrons. The first kappa shape index (κ1) is 14.6. The highest BCUT2D eigenvalue weighted by Gasteiger charge is 2.43. The summed E-state index contributed by atoms with van der Waals surface area (Å²) < 4.78 is 0. The molecule has 22 heavy (non-hydrogen) atoms. The first-order valence-corrected chi connectivity index (χ1v) is 6.99. The van der Waals surface area contributed by atoms with Gasteiger partial charge in [-0.05, 0) is 24.1 Å². The third-order valence-electron chi connectivity index (χ3n) is 3.90. The molecule has 1 saturated carbocycles. The van der Waals surface area contributed by atoms with Gasteiger partial charge >= 0.3 is 0 Å². The number of hydrogen-bond acceptors (Lipinski definition) is 6. The van der Waals surface area contributed by atoms with E-state index < -0.39 is 18.2 Å². The van der Waals surface area contributed by atoms with Gasteiger partial charge in [-0.25, -0.2) is 9.97 Å². The number of aliphatic hydroxyl groups is 2. The van der Waals surface area contributed by atoms with Gasteiger partial charge in [-0.3, -0.25) is 9.78 Å². The van der Waals surface area contributed by atoms with Gasteiger partial charge in [0.15, 0.2) is 0 Å². The molecule has 3 rings (SSSR count). The fraction of sp³-hybridized carbons (Fsp3) is 0.333. The minimum absolute atomic E-state index is 0.251. The maximum atomic E-state index is 12.2. The molecule has 3 N–H and O–H groups in total. The molecule has 7 nitrogen and oxygen atoms in total. The van der Waals surface area contributed by atoms with Gasteiger partial charge < -0.3 is 15.5 Å². The molecular weight excluding hydrogens is 284 g/mol. The Labute approximate surface area is 127 Å². The first-order valence-electron chi connectivity index (χ1n) is 6.99. The first-order chi connectivity index (χ1) is 10.7. The van der Waals surface area contributed by atoms with Gasteiger partial charge in [0.25, 0.3) is 5.91 Å². The van der Waals surface area contributed by atoms with E-state index in [9.17, 15) is 15.0 Å². The lowest BCUT2D eigenvalue weighted by Gasteiger charge is -2.23. The average Bonchev–Trinajstić information content (AvgIpc) is 2.85. The van der Waals surface area contributed by atoms with Crippen molar-refractivity contribution in [2.24, 2.45) is 0 Å². The lowest BCUT2D eigenvalue weighted by Crippen LogP contribution is -2.45. The summed E-state index contributed by atoms with van der Waals surface area (Å²) in [5, 5.41) is 22.8. The van der Waals surface area contributed by atoms with Crippen molar-refractivity contribution in [3.05, 3.63) is 54.4 Å². The van der Waals surface area contributed by atoms with Crippen LogP contribution in [0.5, 0.6) is 0 Å². The van der Waals surface area contributed by atoms with Gasteiger partial charge in [0, 0.05) is 24.5 Å². The standard InChI is InChI=1S/C15H16N4O3/c20-12-5-10(9-6-16-8-17-7-9)13(14(12)21)19-15(22)11-3-1-2-4-18-11/h1-4,6-8,10,12-14,20-21H,5H2,(H,19,22). The predicted molar refractivity (Wildman–Crippen MR) is 76.9 cm³/mol. The normalized spacial score (nSPS) is 27.5. The van der Waals surface area contributed by atoms with Gasteiger partial charge in [0.05, 0.1) is 12.1 Å². The smallest absolute Gasteiger partial charge is 0.270 e. The summed E-state index contributed by atoms with van der Waals surface area (Å²) in [6.45, 7) is 0. The Morgan fingerprint density at radius 2 is 2.00 bits per heavy atom. The van der Waals surface area contributed by atoms with E-state index in [4.69, 9.17) is 0 Å². The van der Waals surface area contributed by atoms with Crippen molar-refractivity contribution in [2.75, 3.05) is 0 Å². The minimum Gasteiger partial charge on any atom is -0.390 e. The molecule has 4 unspecified atom stereocenters. The summed E-state index contributed by atoms with van der Waals surface area (Å²) in [6.07, 6.45) is 4.58. The number of pyridine rings is 1. The van der Waals surface area contributed by atoms with Crippen LogP contribution in [-0.2, 0) is 0 Å². The number of aliphatic hydroxyl groups excluding tert-OH is 2. The third-order valence-corrected chi connectivity index (χ3v) is 3.90. The monoisotopic (exact) mass is 300 g/mol. The van der Waals surface area contributed by atoms with Crippen LogP contribution in [0.2, 0.25) is 0 Å². The predicted octanol–water partition coefficient (Wildman–Crippen LogP) is -0.121. The molecule has 1 amide bonds. The molecule has 2 heterocycles. The van der Waals surface area contributed by atoms with Crippen LogP contribution in [-0.4, -0.2) is 49.3 Å². The summed E-state index contributed by atoms with van der Waals surface area (Å²) in [6, 6.07) is 4.41. The lowest BCUT2D eigenvalue weighted by atomic mass is 9.96. The molecule has 0 radical (unpaired) electrons. The number of amides is 1. The van der Waals surface area contributed by atoms with Crippen LogP contribution in [0.1, 0.15) is 28.4 Å². The van der Waals surface area contributed by atoms with Gasteiger partial charge in [-0.2, -0.15) is 0 Å².